The maximum Gasteiger partial charge on any atom is 0.510 e. The molecule has 1 aliphatic heterocycles. The molecule has 5 nitrogen and oxygen atoms in total. The Hall–Kier alpha value is -1.46. The van der Waals surface area contributed by atoms with E-state index in [9.17, 15) is 9.90 Å². The minimum Gasteiger partial charge on any atom is -0.450 e. The van der Waals surface area contributed by atoms with Gasteiger partial charge in [-0.1, -0.05) is 63.0 Å². The van der Waals surface area contributed by atoms with Crippen LogP contribution >= 0.6 is 11.6 Å². The summed E-state index contributed by atoms with van der Waals surface area (Å²) in [6.45, 7) is -1.24. The zero-order valence-electron chi connectivity index (χ0n) is 16.9. The summed E-state index contributed by atoms with van der Waals surface area (Å²) in [4.78, 5) is 11.3. The maximum atomic E-state index is 11.3. The Labute approximate surface area is 177 Å². The van der Waals surface area contributed by atoms with Gasteiger partial charge in [0.1, 0.15) is 11.4 Å². The summed E-state index contributed by atoms with van der Waals surface area (Å²) >= 11 is 6.43. The molecule has 4 rings (SSSR count). The molecular formula is C23H31ClO5. The molecule has 1 aromatic carbocycles. The van der Waals surface area contributed by atoms with Crippen molar-refractivity contribution in [3.8, 4) is 5.75 Å². The van der Waals surface area contributed by atoms with E-state index in [4.69, 9.17) is 25.8 Å². The fraction of sp³-hybridized carbons (Fsp3) is 0.696. The molecule has 160 valence electrons. The summed E-state index contributed by atoms with van der Waals surface area (Å²) in [5, 5.41) is 9.89. The van der Waals surface area contributed by atoms with E-state index in [0.717, 1.165) is 31.2 Å². The number of carbonyl (C=O) groups is 1. The van der Waals surface area contributed by atoms with Gasteiger partial charge < -0.3 is 14.6 Å². The van der Waals surface area contributed by atoms with Crippen LogP contribution in [0.4, 0.5) is 4.79 Å². The zero-order chi connectivity index (χ0) is 20.3. The Kier molecular flexibility index (Phi) is 6.55. The molecule has 0 radical (unpaired) electrons. The van der Waals surface area contributed by atoms with Crippen molar-refractivity contribution in [1.29, 1.82) is 0 Å². The molecule has 29 heavy (non-hydrogen) atoms. The van der Waals surface area contributed by atoms with Gasteiger partial charge in [-0.25, -0.2) is 4.79 Å². The molecule has 6 heteroatoms. The number of halogens is 1. The molecule has 0 spiro atoms. The van der Waals surface area contributed by atoms with Crippen molar-refractivity contribution >= 4 is 17.8 Å². The molecular weight excluding hydrogens is 392 g/mol. The monoisotopic (exact) mass is 422 g/mol. The van der Waals surface area contributed by atoms with E-state index >= 15 is 0 Å². The van der Waals surface area contributed by atoms with Gasteiger partial charge in [0.2, 0.25) is 0 Å². The molecule has 0 amide bonds. The van der Waals surface area contributed by atoms with Gasteiger partial charge in [-0.05, 0) is 55.7 Å². The van der Waals surface area contributed by atoms with E-state index in [1.54, 1.807) is 6.07 Å². The van der Waals surface area contributed by atoms with E-state index in [-0.39, 0.29) is 0 Å². The maximum absolute atomic E-state index is 11.3. The number of carboxylic acid groups (broad SMARTS) is 1. The van der Waals surface area contributed by atoms with Crippen molar-refractivity contribution in [2.75, 3.05) is 0 Å². The van der Waals surface area contributed by atoms with Crippen molar-refractivity contribution in [3.05, 3.63) is 28.8 Å². The third-order valence-corrected chi connectivity index (χ3v) is 7.23. The summed E-state index contributed by atoms with van der Waals surface area (Å²) in [6.07, 6.45) is 12.5. The molecule has 1 N–H and O–H groups in total. The Bertz CT molecular complexity index is 685. The minimum absolute atomic E-state index is 0.300. The fourth-order valence-corrected chi connectivity index (χ4v) is 5.95. The molecule has 1 heterocycles. The molecule has 3 aliphatic rings. The van der Waals surface area contributed by atoms with Crippen molar-refractivity contribution in [2.24, 2.45) is 11.8 Å². The first-order valence-electron chi connectivity index (χ1n) is 11.1. The first-order valence-corrected chi connectivity index (χ1v) is 11.5. The Morgan fingerprint density at radius 2 is 1.52 bits per heavy atom. The lowest BCUT2D eigenvalue weighted by Gasteiger charge is -2.50. The molecule has 2 saturated carbocycles. The standard InChI is InChI=1S/C23H31ClO5/c24-18-13-14-20-19(15-18)23(16-9-5-1-2-6-10-16,17-11-7-3-4-8-12-17)29-22(27-20)28-21(25)26/h13-17,22H,1-12H2,(H,25,26). The third-order valence-electron chi connectivity index (χ3n) is 7.00. The SMILES string of the molecule is O=C(O)OC1Oc2ccc(Cl)cc2C(C2CCCCCC2)(C2CCCCCC2)O1. The van der Waals surface area contributed by atoms with Crippen molar-refractivity contribution < 1.29 is 24.1 Å². The van der Waals surface area contributed by atoms with Crippen LogP contribution in [0.1, 0.15) is 82.6 Å². The lowest BCUT2D eigenvalue weighted by Crippen LogP contribution is -2.52. The molecule has 1 unspecified atom stereocenters. The molecule has 0 bridgehead atoms. The topological polar surface area (TPSA) is 65.0 Å². The average Bonchev–Trinajstić information content (AvgIpc) is 3.13. The molecule has 2 fully saturated rings. The first kappa shape index (κ1) is 20.8. The van der Waals surface area contributed by atoms with Gasteiger partial charge in [-0.3, -0.25) is 4.74 Å². The van der Waals surface area contributed by atoms with Gasteiger partial charge in [0.25, 0.3) is 0 Å². The smallest absolute Gasteiger partial charge is 0.450 e. The lowest BCUT2D eigenvalue weighted by molar-refractivity contribution is -0.322. The van der Waals surface area contributed by atoms with Gasteiger partial charge in [0.15, 0.2) is 0 Å². The van der Waals surface area contributed by atoms with Gasteiger partial charge in [0, 0.05) is 10.6 Å². The highest BCUT2D eigenvalue weighted by molar-refractivity contribution is 6.30. The van der Waals surface area contributed by atoms with E-state index in [1.807, 2.05) is 12.1 Å². The Morgan fingerprint density at radius 3 is 2.03 bits per heavy atom. The number of benzene rings is 1. The Morgan fingerprint density at radius 1 is 0.966 bits per heavy atom. The summed E-state index contributed by atoms with van der Waals surface area (Å²) in [6, 6.07) is 5.60. The van der Waals surface area contributed by atoms with E-state index in [1.165, 1.54) is 51.4 Å². The second kappa shape index (κ2) is 9.13. The second-order valence-corrected chi connectivity index (χ2v) is 9.16. The quantitative estimate of drug-likeness (QED) is 0.425. The van der Waals surface area contributed by atoms with Crippen LogP contribution in [0.5, 0.6) is 5.75 Å². The Balaban J connectivity index is 1.83. The number of fused-ring (bicyclic) bond motifs is 1. The minimum atomic E-state index is -1.39. The van der Waals surface area contributed by atoms with Gasteiger partial charge >= 0.3 is 12.6 Å². The van der Waals surface area contributed by atoms with Crippen LogP contribution in [0.2, 0.25) is 5.02 Å². The highest BCUT2D eigenvalue weighted by Crippen LogP contribution is 2.55. The van der Waals surface area contributed by atoms with E-state index < -0.39 is 18.2 Å². The van der Waals surface area contributed by atoms with Crippen LogP contribution < -0.4 is 4.74 Å². The number of ether oxygens (including phenoxy) is 3. The van der Waals surface area contributed by atoms with E-state index in [0.29, 0.717) is 22.6 Å². The largest absolute Gasteiger partial charge is 0.510 e. The summed E-state index contributed by atoms with van der Waals surface area (Å²) < 4.78 is 17.4. The van der Waals surface area contributed by atoms with Crippen LogP contribution in [0, 0.1) is 11.8 Å². The number of rotatable bonds is 3. The molecule has 0 aromatic heterocycles. The molecule has 2 aliphatic carbocycles. The summed E-state index contributed by atoms with van der Waals surface area (Å²) in [7, 11) is 0. The highest BCUT2D eigenvalue weighted by atomic mass is 35.5. The fourth-order valence-electron chi connectivity index (χ4n) is 5.77. The zero-order valence-corrected chi connectivity index (χ0v) is 17.7. The van der Waals surface area contributed by atoms with Crippen LogP contribution in [0.3, 0.4) is 0 Å². The number of hydrogen-bond donors (Lipinski definition) is 1. The van der Waals surface area contributed by atoms with Crippen molar-refractivity contribution in [3.63, 3.8) is 0 Å². The van der Waals surface area contributed by atoms with Gasteiger partial charge in [-0.2, -0.15) is 0 Å². The second-order valence-electron chi connectivity index (χ2n) is 8.72. The van der Waals surface area contributed by atoms with Crippen LogP contribution in [0.25, 0.3) is 0 Å². The third kappa shape index (κ3) is 4.36. The average molecular weight is 423 g/mol. The first-order chi connectivity index (χ1) is 14.1. The van der Waals surface area contributed by atoms with Crippen LogP contribution in [-0.2, 0) is 15.1 Å². The van der Waals surface area contributed by atoms with Crippen LogP contribution in [-0.4, -0.2) is 17.7 Å². The van der Waals surface area contributed by atoms with Crippen molar-refractivity contribution in [2.45, 2.75) is 89.1 Å². The summed E-state index contributed by atoms with van der Waals surface area (Å²) in [5.41, 5.74) is 0.363. The predicted molar refractivity (Wildman–Crippen MR) is 110 cm³/mol. The molecule has 0 saturated heterocycles. The molecule has 1 atom stereocenters. The molecule has 1 aromatic rings. The van der Waals surface area contributed by atoms with Gasteiger partial charge in [-0.15, -0.1) is 0 Å². The highest BCUT2D eigenvalue weighted by Gasteiger charge is 2.54. The normalized spacial score (nSPS) is 25.9. The van der Waals surface area contributed by atoms with Crippen LogP contribution in [0.15, 0.2) is 18.2 Å². The lowest BCUT2D eigenvalue weighted by atomic mass is 9.66. The number of hydrogen-bond acceptors (Lipinski definition) is 4. The van der Waals surface area contributed by atoms with Gasteiger partial charge in [0.05, 0.1) is 0 Å². The van der Waals surface area contributed by atoms with Crippen molar-refractivity contribution in [1.82, 2.24) is 0 Å². The summed E-state index contributed by atoms with van der Waals surface area (Å²) in [5.74, 6) is 1.24. The predicted octanol–water partition coefficient (Wildman–Crippen LogP) is 6.86. The van der Waals surface area contributed by atoms with E-state index in [2.05, 4.69) is 0 Å².